The van der Waals surface area contributed by atoms with Crippen molar-refractivity contribution in [1.82, 2.24) is 15.0 Å². The summed E-state index contributed by atoms with van der Waals surface area (Å²) >= 11 is 0. The predicted octanol–water partition coefficient (Wildman–Crippen LogP) is 2.21. The molecule has 22 heavy (non-hydrogen) atoms. The Bertz CT molecular complexity index is 682. The van der Waals surface area contributed by atoms with E-state index < -0.39 is 5.97 Å². The van der Waals surface area contributed by atoms with Gasteiger partial charge in [-0.1, -0.05) is 23.8 Å². The zero-order valence-electron chi connectivity index (χ0n) is 12.4. The van der Waals surface area contributed by atoms with E-state index in [1.807, 2.05) is 44.2 Å². The third kappa shape index (κ3) is 4.86. The molecule has 7 heteroatoms. The highest BCUT2D eigenvalue weighted by atomic mass is 16.5. The zero-order valence-corrected chi connectivity index (χ0v) is 12.4. The van der Waals surface area contributed by atoms with Crippen LogP contribution in [0.15, 0.2) is 42.0 Å². The molecule has 0 amide bonds. The number of nitrogens with one attached hydrogen (secondary N) is 1. The monoisotopic (exact) mass is 299 g/mol. The van der Waals surface area contributed by atoms with Gasteiger partial charge in [-0.25, -0.2) is 4.79 Å². The van der Waals surface area contributed by atoms with Gasteiger partial charge >= 0.3 is 5.97 Å². The van der Waals surface area contributed by atoms with Crippen molar-refractivity contribution in [2.24, 2.45) is 0 Å². The average molecular weight is 299 g/mol. The van der Waals surface area contributed by atoms with Crippen LogP contribution in [0, 0.1) is 0 Å². The molecule has 0 aliphatic rings. The van der Waals surface area contributed by atoms with Crippen molar-refractivity contribution < 1.29 is 9.53 Å². The molecule has 2 rings (SSSR count). The van der Waals surface area contributed by atoms with Crippen LogP contribution in [-0.2, 0) is 16.1 Å². The molecule has 3 N–H and O–H groups in total. The number of benzene rings is 1. The SMILES string of the molecule is CC(C)=CC(=O)OCc1nc(N)nc(Nc2ccccc2)n1. The van der Waals surface area contributed by atoms with E-state index in [9.17, 15) is 4.79 Å². The lowest BCUT2D eigenvalue weighted by Crippen LogP contribution is -2.10. The lowest BCUT2D eigenvalue weighted by Gasteiger charge is -2.07. The average Bonchev–Trinajstić information content (AvgIpc) is 2.45. The smallest absolute Gasteiger partial charge is 0.331 e. The third-order valence-electron chi connectivity index (χ3n) is 2.48. The second-order valence-electron chi connectivity index (χ2n) is 4.75. The van der Waals surface area contributed by atoms with Crippen LogP contribution in [0.5, 0.6) is 0 Å². The fraction of sp³-hybridized carbons (Fsp3) is 0.200. The van der Waals surface area contributed by atoms with Gasteiger partial charge < -0.3 is 15.8 Å². The van der Waals surface area contributed by atoms with Gasteiger partial charge in [-0.15, -0.1) is 0 Å². The van der Waals surface area contributed by atoms with Crippen LogP contribution in [0.25, 0.3) is 0 Å². The molecule has 0 aliphatic heterocycles. The van der Waals surface area contributed by atoms with E-state index in [2.05, 4.69) is 20.3 Å². The number of aromatic nitrogens is 3. The fourth-order valence-electron chi connectivity index (χ4n) is 1.62. The first-order valence-electron chi connectivity index (χ1n) is 6.67. The Kier molecular flexibility index (Phi) is 5.02. The standard InChI is InChI=1S/C15H17N5O2/c1-10(2)8-13(21)22-9-12-18-14(16)20-15(19-12)17-11-6-4-3-5-7-11/h3-8H,9H2,1-2H3,(H3,16,17,18,19,20). The Morgan fingerprint density at radius 1 is 1.23 bits per heavy atom. The number of hydrogen-bond donors (Lipinski definition) is 2. The minimum Gasteiger partial charge on any atom is -0.454 e. The summed E-state index contributed by atoms with van der Waals surface area (Å²) in [5, 5.41) is 3.01. The summed E-state index contributed by atoms with van der Waals surface area (Å²) < 4.78 is 5.05. The van der Waals surface area contributed by atoms with Gasteiger partial charge in [-0.05, 0) is 26.0 Å². The summed E-state index contributed by atoms with van der Waals surface area (Å²) in [5.74, 6) is 0.187. The van der Waals surface area contributed by atoms with Gasteiger partial charge in [0.05, 0.1) is 0 Å². The van der Waals surface area contributed by atoms with Crippen molar-refractivity contribution in [2.45, 2.75) is 20.5 Å². The van der Waals surface area contributed by atoms with Crippen molar-refractivity contribution in [2.75, 3.05) is 11.1 Å². The molecule has 0 aliphatic carbocycles. The summed E-state index contributed by atoms with van der Waals surface area (Å²) in [5.41, 5.74) is 7.32. The van der Waals surface area contributed by atoms with E-state index in [-0.39, 0.29) is 18.4 Å². The van der Waals surface area contributed by atoms with Crippen molar-refractivity contribution in [3.05, 3.63) is 47.8 Å². The molecule has 0 saturated heterocycles. The molecule has 0 radical (unpaired) electrons. The Balaban J connectivity index is 2.07. The number of nitrogen functional groups attached to an aromatic ring is 1. The molecule has 0 atom stereocenters. The number of carbonyl (C=O) groups is 1. The lowest BCUT2D eigenvalue weighted by molar-refractivity contribution is -0.139. The minimum absolute atomic E-state index is 0.0571. The molecule has 1 heterocycles. The topological polar surface area (TPSA) is 103 Å². The Morgan fingerprint density at radius 3 is 2.64 bits per heavy atom. The Morgan fingerprint density at radius 2 is 1.95 bits per heavy atom. The second-order valence-corrected chi connectivity index (χ2v) is 4.75. The van der Waals surface area contributed by atoms with E-state index in [1.165, 1.54) is 6.08 Å². The van der Waals surface area contributed by atoms with Crippen molar-refractivity contribution in [3.63, 3.8) is 0 Å². The molecule has 0 unspecified atom stereocenters. The number of allylic oxidation sites excluding steroid dienone is 1. The maximum Gasteiger partial charge on any atom is 0.331 e. The number of hydrogen-bond acceptors (Lipinski definition) is 7. The van der Waals surface area contributed by atoms with Crippen molar-refractivity contribution in [3.8, 4) is 0 Å². The van der Waals surface area contributed by atoms with Crippen LogP contribution in [0.1, 0.15) is 19.7 Å². The van der Waals surface area contributed by atoms with Gasteiger partial charge in [0.15, 0.2) is 12.4 Å². The third-order valence-corrected chi connectivity index (χ3v) is 2.48. The molecule has 7 nitrogen and oxygen atoms in total. The molecule has 114 valence electrons. The highest BCUT2D eigenvalue weighted by Crippen LogP contribution is 2.12. The number of esters is 1. The van der Waals surface area contributed by atoms with Gasteiger partial charge in [-0.3, -0.25) is 0 Å². The molecular formula is C15H17N5O2. The maximum absolute atomic E-state index is 11.5. The van der Waals surface area contributed by atoms with E-state index in [1.54, 1.807) is 0 Å². The number of nitrogens with two attached hydrogens (primary N) is 1. The van der Waals surface area contributed by atoms with Gasteiger partial charge in [-0.2, -0.15) is 15.0 Å². The minimum atomic E-state index is -0.448. The molecular weight excluding hydrogens is 282 g/mol. The number of nitrogens with zero attached hydrogens (tertiary/aromatic N) is 3. The molecule has 2 aromatic rings. The van der Waals surface area contributed by atoms with E-state index in [4.69, 9.17) is 10.5 Å². The van der Waals surface area contributed by atoms with E-state index in [0.29, 0.717) is 5.95 Å². The molecule has 0 fully saturated rings. The van der Waals surface area contributed by atoms with Crippen LogP contribution in [0.4, 0.5) is 17.6 Å². The van der Waals surface area contributed by atoms with Crippen LogP contribution in [0.2, 0.25) is 0 Å². The largest absolute Gasteiger partial charge is 0.454 e. The number of rotatable bonds is 5. The van der Waals surface area contributed by atoms with Crippen LogP contribution < -0.4 is 11.1 Å². The predicted molar refractivity (Wildman–Crippen MR) is 83.2 cm³/mol. The Hall–Kier alpha value is -2.96. The van der Waals surface area contributed by atoms with Gasteiger partial charge in [0, 0.05) is 11.8 Å². The van der Waals surface area contributed by atoms with Gasteiger partial charge in [0.25, 0.3) is 0 Å². The van der Waals surface area contributed by atoms with Crippen molar-refractivity contribution in [1.29, 1.82) is 0 Å². The lowest BCUT2D eigenvalue weighted by atomic mass is 10.3. The number of para-hydroxylation sites is 1. The summed E-state index contributed by atoms with van der Waals surface area (Å²) in [6.45, 7) is 3.55. The maximum atomic E-state index is 11.5. The van der Waals surface area contributed by atoms with Gasteiger partial charge in [0.2, 0.25) is 11.9 Å². The summed E-state index contributed by atoms with van der Waals surface area (Å²) in [6, 6.07) is 9.41. The highest BCUT2D eigenvalue weighted by molar-refractivity contribution is 5.82. The van der Waals surface area contributed by atoms with Crippen LogP contribution in [-0.4, -0.2) is 20.9 Å². The summed E-state index contributed by atoms with van der Waals surface area (Å²) in [6.07, 6.45) is 1.40. The summed E-state index contributed by atoms with van der Waals surface area (Å²) in [4.78, 5) is 23.6. The van der Waals surface area contributed by atoms with Crippen LogP contribution >= 0.6 is 0 Å². The zero-order chi connectivity index (χ0) is 15.9. The molecule has 0 spiro atoms. The fourth-order valence-corrected chi connectivity index (χ4v) is 1.62. The summed E-state index contributed by atoms with van der Waals surface area (Å²) in [7, 11) is 0. The molecule has 1 aromatic carbocycles. The normalized spacial score (nSPS) is 9.91. The Labute approximate surface area is 128 Å². The molecule has 1 aromatic heterocycles. The van der Waals surface area contributed by atoms with E-state index in [0.717, 1.165) is 11.3 Å². The first-order valence-corrected chi connectivity index (χ1v) is 6.67. The number of anilines is 3. The van der Waals surface area contributed by atoms with Crippen LogP contribution in [0.3, 0.4) is 0 Å². The first kappa shape index (κ1) is 15.4. The number of carbonyl (C=O) groups excluding carboxylic acids is 1. The quantitative estimate of drug-likeness (QED) is 0.644. The molecule has 0 bridgehead atoms. The first-order chi connectivity index (χ1) is 10.5. The van der Waals surface area contributed by atoms with Crippen molar-refractivity contribution >= 4 is 23.6 Å². The van der Waals surface area contributed by atoms with E-state index >= 15 is 0 Å². The van der Waals surface area contributed by atoms with Gasteiger partial charge in [0.1, 0.15) is 0 Å². The number of ether oxygens (including phenoxy) is 1. The molecule has 0 saturated carbocycles. The highest BCUT2D eigenvalue weighted by Gasteiger charge is 2.07. The second kappa shape index (κ2) is 7.16.